The Morgan fingerprint density at radius 1 is 0.410 bits per heavy atom. The highest BCUT2D eigenvalue weighted by atomic mass is 16.4. The van der Waals surface area contributed by atoms with E-state index in [-0.39, 0.29) is 0 Å². The van der Waals surface area contributed by atoms with Gasteiger partial charge in [-0.3, -0.25) is 0 Å². The first-order valence-electron chi connectivity index (χ1n) is 11.6. The minimum Gasteiger partial charge on any atom is -0.423 e. The highest BCUT2D eigenvalue weighted by molar-refractivity contribution is 6.59. The van der Waals surface area contributed by atoms with Gasteiger partial charge in [0, 0.05) is 0 Å². The van der Waals surface area contributed by atoms with Gasteiger partial charge >= 0.3 is 21.4 Å². The molecule has 15 heteroatoms. The maximum atomic E-state index is 8.96. The van der Waals surface area contributed by atoms with Crippen LogP contribution in [0.1, 0.15) is 0 Å². The van der Waals surface area contributed by atoms with Crippen molar-refractivity contribution in [2.24, 2.45) is 0 Å². The number of benzene rings is 3. The summed E-state index contributed by atoms with van der Waals surface area (Å²) in [6.45, 7) is -1.45. The lowest BCUT2D eigenvalue weighted by Gasteiger charge is -2.24. The minimum atomic E-state index is -1.67. The van der Waals surface area contributed by atoms with E-state index in [2.05, 4.69) is 0 Å². The van der Waals surface area contributed by atoms with Gasteiger partial charge in [0.15, 0.2) is 0 Å². The van der Waals surface area contributed by atoms with E-state index in [1.54, 1.807) is 72.8 Å². The third-order valence-corrected chi connectivity index (χ3v) is 4.81. The fourth-order valence-corrected chi connectivity index (χ4v) is 2.55. The van der Waals surface area contributed by atoms with Gasteiger partial charge in [-0.25, -0.2) is 0 Å². The van der Waals surface area contributed by atoms with Crippen molar-refractivity contribution >= 4 is 37.7 Å². The highest BCUT2D eigenvalue weighted by Gasteiger charge is 2.29. The maximum Gasteiger partial charge on any atom is 0.488 e. The van der Waals surface area contributed by atoms with Gasteiger partial charge in [0.1, 0.15) is 24.4 Å². The standard InChI is InChI=1S/3C6H7BO2.C6H14O6/c3*8-7(9)6-4-2-1-3-5-6;7-1-3(9)5(11)6(12)4(10)2-8/h3*1-5,8-9H;3-12H,1-2H2/t;;;3-,4-,5-,6-/m...1/s1. The van der Waals surface area contributed by atoms with Gasteiger partial charge in [0.25, 0.3) is 0 Å². The van der Waals surface area contributed by atoms with Gasteiger partial charge < -0.3 is 60.8 Å². The molecule has 212 valence electrons. The van der Waals surface area contributed by atoms with E-state index in [9.17, 15) is 0 Å². The monoisotopic (exact) mass is 548 g/mol. The molecule has 0 heterocycles. The normalized spacial score (nSPS) is 12.9. The Morgan fingerprint density at radius 2 is 0.615 bits per heavy atom. The molecule has 0 amide bonds. The number of hydrogen-bond donors (Lipinski definition) is 12. The molecule has 0 aromatic heterocycles. The summed E-state index contributed by atoms with van der Waals surface area (Å²) in [5.41, 5.74) is 1.58. The van der Waals surface area contributed by atoms with Crippen molar-refractivity contribution in [3.63, 3.8) is 0 Å². The van der Waals surface area contributed by atoms with Crippen LogP contribution in [0.25, 0.3) is 0 Å². The molecule has 12 nitrogen and oxygen atoms in total. The van der Waals surface area contributed by atoms with Gasteiger partial charge in [0.2, 0.25) is 0 Å². The molecular weight excluding hydrogens is 513 g/mol. The Morgan fingerprint density at radius 3 is 0.744 bits per heavy atom. The summed E-state index contributed by atoms with van der Waals surface area (Å²) >= 11 is 0. The van der Waals surface area contributed by atoms with E-state index in [0.717, 1.165) is 0 Å². The molecule has 3 rings (SSSR count). The second kappa shape index (κ2) is 21.2. The summed E-state index contributed by atoms with van der Waals surface area (Å²) in [5.74, 6) is 0. The third-order valence-electron chi connectivity index (χ3n) is 4.81. The number of aliphatic hydroxyl groups is 6. The molecule has 0 unspecified atom stereocenters. The zero-order valence-corrected chi connectivity index (χ0v) is 21.0. The van der Waals surface area contributed by atoms with Crippen molar-refractivity contribution in [1.82, 2.24) is 0 Å². The average molecular weight is 548 g/mol. The predicted octanol–water partition coefficient (Wildman–Crippen LogP) is -5.49. The minimum absolute atomic E-state index is 0.525. The Kier molecular flexibility index (Phi) is 19.8. The second-order valence-corrected chi connectivity index (χ2v) is 7.83. The van der Waals surface area contributed by atoms with Crippen molar-refractivity contribution in [2.75, 3.05) is 13.2 Å². The summed E-state index contributed by atoms with van der Waals surface area (Å²) in [7, 11) is -4.02. The van der Waals surface area contributed by atoms with Crippen molar-refractivity contribution in [3.8, 4) is 0 Å². The van der Waals surface area contributed by atoms with Crippen LogP contribution in [0.4, 0.5) is 0 Å². The van der Waals surface area contributed by atoms with Crippen LogP contribution in [0.5, 0.6) is 0 Å². The van der Waals surface area contributed by atoms with Gasteiger partial charge in [-0.2, -0.15) is 0 Å². The van der Waals surface area contributed by atoms with Crippen molar-refractivity contribution in [3.05, 3.63) is 91.0 Å². The smallest absolute Gasteiger partial charge is 0.423 e. The summed E-state index contributed by atoms with van der Waals surface area (Å²) in [5, 5.41) is 104. The first-order valence-corrected chi connectivity index (χ1v) is 11.6. The average Bonchev–Trinajstić information content (AvgIpc) is 2.97. The van der Waals surface area contributed by atoms with Crippen LogP contribution >= 0.6 is 0 Å². The molecule has 0 radical (unpaired) electrons. The van der Waals surface area contributed by atoms with Crippen LogP contribution in [0.3, 0.4) is 0 Å². The molecule has 0 fully saturated rings. The van der Waals surface area contributed by atoms with Gasteiger partial charge in [-0.05, 0) is 16.4 Å². The largest absolute Gasteiger partial charge is 0.488 e. The number of aliphatic hydroxyl groups excluding tert-OH is 6. The molecule has 0 aliphatic rings. The van der Waals surface area contributed by atoms with Crippen molar-refractivity contribution in [2.45, 2.75) is 24.4 Å². The quantitative estimate of drug-likeness (QED) is 0.118. The molecule has 0 saturated heterocycles. The van der Waals surface area contributed by atoms with Gasteiger partial charge in [-0.1, -0.05) is 91.0 Å². The van der Waals surface area contributed by atoms with E-state index < -0.39 is 59.0 Å². The number of hydrogen-bond acceptors (Lipinski definition) is 12. The molecule has 4 atom stereocenters. The van der Waals surface area contributed by atoms with E-state index in [1.165, 1.54) is 0 Å². The van der Waals surface area contributed by atoms with Crippen LogP contribution < -0.4 is 16.4 Å². The molecular formula is C24H35B3O12. The molecule has 12 N–H and O–H groups in total. The SMILES string of the molecule is OB(O)c1ccccc1.OB(O)c1ccccc1.OB(O)c1ccccc1.OC[C@@H](O)[C@@H](O)[C@H](O)[C@H](O)CO. The topological polar surface area (TPSA) is 243 Å². The Bertz CT molecular complexity index is 839. The third kappa shape index (κ3) is 16.2. The molecule has 0 saturated carbocycles. The molecule has 0 aliphatic heterocycles. The van der Waals surface area contributed by atoms with Crippen LogP contribution in [-0.2, 0) is 0 Å². The highest BCUT2D eigenvalue weighted by Crippen LogP contribution is 2.04. The van der Waals surface area contributed by atoms with Crippen LogP contribution in [-0.4, -0.2) is 120 Å². The summed E-state index contributed by atoms with van der Waals surface area (Å²) in [6, 6.07) is 26.0. The Hall–Kier alpha value is -2.63. The second-order valence-electron chi connectivity index (χ2n) is 7.83. The van der Waals surface area contributed by atoms with Crippen LogP contribution in [0.2, 0.25) is 0 Å². The Labute approximate surface area is 227 Å². The molecule has 0 spiro atoms. The lowest BCUT2D eigenvalue weighted by atomic mass is 9.81. The zero-order chi connectivity index (χ0) is 29.8. The predicted molar refractivity (Wildman–Crippen MR) is 147 cm³/mol. The van der Waals surface area contributed by atoms with Crippen LogP contribution in [0, 0.1) is 0 Å². The van der Waals surface area contributed by atoms with E-state index in [4.69, 9.17) is 60.8 Å². The first-order chi connectivity index (χ1) is 18.5. The van der Waals surface area contributed by atoms with Crippen LogP contribution in [0.15, 0.2) is 91.0 Å². The molecule has 0 bridgehead atoms. The molecule has 39 heavy (non-hydrogen) atoms. The van der Waals surface area contributed by atoms with E-state index in [0.29, 0.717) is 16.4 Å². The Balaban J connectivity index is 0.000000497. The molecule has 3 aromatic rings. The summed E-state index contributed by atoms with van der Waals surface area (Å²) < 4.78 is 0. The lowest BCUT2D eigenvalue weighted by molar-refractivity contribution is -0.123. The van der Waals surface area contributed by atoms with E-state index >= 15 is 0 Å². The van der Waals surface area contributed by atoms with Gasteiger partial charge in [0.05, 0.1) is 13.2 Å². The summed E-state index contributed by atoms with van der Waals surface area (Å²) in [6.07, 6.45) is -6.39. The lowest BCUT2D eigenvalue weighted by Crippen LogP contribution is -2.46. The fraction of sp³-hybridized carbons (Fsp3) is 0.250. The molecule has 0 aliphatic carbocycles. The number of rotatable bonds is 8. The summed E-state index contributed by atoms with van der Waals surface area (Å²) in [4.78, 5) is 0. The van der Waals surface area contributed by atoms with Crippen molar-refractivity contribution in [1.29, 1.82) is 0 Å². The molecule has 3 aromatic carbocycles. The first kappa shape index (κ1) is 36.4. The zero-order valence-electron chi connectivity index (χ0n) is 21.0. The fourth-order valence-electron chi connectivity index (χ4n) is 2.55. The maximum absolute atomic E-state index is 8.96. The van der Waals surface area contributed by atoms with Crippen molar-refractivity contribution < 1.29 is 60.8 Å². The van der Waals surface area contributed by atoms with E-state index in [1.807, 2.05) is 18.2 Å². The van der Waals surface area contributed by atoms with Gasteiger partial charge in [-0.15, -0.1) is 0 Å².